The fourth-order valence-corrected chi connectivity index (χ4v) is 3.55. The number of rotatable bonds is 6. The molecule has 2 rings (SSSR count). The molecule has 1 amide bonds. The average Bonchev–Trinajstić information content (AvgIpc) is 2.48. The van der Waals surface area contributed by atoms with Crippen molar-refractivity contribution in [2.45, 2.75) is 51.4 Å². The molecule has 0 aromatic heterocycles. The van der Waals surface area contributed by atoms with Gasteiger partial charge >= 0.3 is 5.97 Å². The molecular formula is C16H28N2O3. The molecule has 1 atom stereocenters. The standard InChI is InChI=1S/C16H28N2O3/c19-15(17-9-8-13-5-2-1-3-6-13)12-18-10-4-7-14(11-18)16(20)21/h13-14H,1-12H2,(H,17,19)(H,20,21). The van der Waals surface area contributed by atoms with Crippen molar-refractivity contribution in [1.82, 2.24) is 10.2 Å². The largest absolute Gasteiger partial charge is 0.481 e. The summed E-state index contributed by atoms with van der Waals surface area (Å²) in [6, 6.07) is 0. The fourth-order valence-electron chi connectivity index (χ4n) is 3.55. The van der Waals surface area contributed by atoms with Crippen molar-refractivity contribution < 1.29 is 14.7 Å². The Bertz CT molecular complexity index is 353. The van der Waals surface area contributed by atoms with Crippen molar-refractivity contribution in [1.29, 1.82) is 0 Å². The van der Waals surface area contributed by atoms with Crippen molar-refractivity contribution in [3.63, 3.8) is 0 Å². The zero-order valence-corrected chi connectivity index (χ0v) is 12.9. The lowest BCUT2D eigenvalue weighted by Gasteiger charge is -2.30. The lowest BCUT2D eigenvalue weighted by atomic mass is 9.87. The molecule has 5 heteroatoms. The van der Waals surface area contributed by atoms with Gasteiger partial charge in [0, 0.05) is 13.1 Å². The SMILES string of the molecule is O=C(CN1CCCC(C(=O)O)C1)NCCC1CCCCC1. The number of carboxylic acids is 1. The zero-order valence-electron chi connectivity index (χ0n) is 12.9. The second-order valence-corrected chi connectivity index (χ2v) is 6.56. The van der Waals surface area contributed by atoms with E-state index in [1.807, 2.05) is 4.90 Å². The average molecular weight is 296 g/mol. The number of nitrogens with zero attached hydrogens (tertiary/aromatic N) is 1. The second kappa shape index (κ2) is 8.37. The van der Waals surface area contributed by atoms with Gasteiger partial charge in [0.15, 0.2) is 0 Å². The molecule has 2 N–H and O–H groups in total. The highest BCUT2D eigenvalue weighted by Gasteiger charge is 2.26. The van der Waals surface area contributed by atoms with E-state index in [1.54, 1.807) is 0 Å². The third-order valence-corrected chi connectivity index (χ3v) is 4.82. The molecule has 5 nitrogen and oxygen atoms in total. The van der Waals surface area contributed by atoms with Gasteiger partial charge < -0.3 is 10.4 Å². The number of likely N-dealkylation sites (tertiary alicyclic amines) is 1. The number of hydrogen-bond acceptors (Lipinski definition) is 3. The van der Waals surface area contributed by atoms with Crippen LogP contribution in [0.25, 0.3) is 0 Å². The van der Waals surface area contributed by atoms with E-state index in [2.05, 4.69) is 5.32 Å². The maximum absolute atomic E-state index is 11.9. The van der Waals surface area contributed by atoms with Crippen LogP contribution in [0.5, 0.6) is 0 Å². The summed E-state index contributed by atoms with van der Waals surface area (Å²) in [6.45, 7) is 2.44. The van der Waals surface area contributed by atoms with Crippen molar-refractivity contribution in [2.75, 3.05) is 26.2 Å². The lowest BCUT2D eigenvalue weighted by molar-refractivity contribution is -0.144. The molecule has 1 aliphatic heterocycles. The van der Waals surface area contributed by atoms with Crippen LogP contribution in [-0.2, 0) is 9.59 Å². The number of carbonyl (C=O) groups excluding carboxylic acids is 1. The molecule has 1 saturated heterocycles. The summed E-state index contributed by atoms with van der Waals surface area (Å²) < 4.78 is 0. The summed E-state index contributed by atoms with van der Waals surface area (Å²) in [5.74, 6) is -0.228. The number of amides is 1. The monoisotopic (exact) mass is 296 g/mol. The third-order valence-electron chi connectivity index (χ3n) is 4.82. The number of nitrogens with one attached hydrogen (secondary N) is 1. The van der Waals surface area contributed by atoms with E-state index in [1.165, 1.54) is 32.1 Å². The minimum atomic E-state index is -0.739. The molecule has 1 heterocycles. The van der Waals surface area contributed by atoms with Crippen molar-refractivity contribution in [3.05, 3.63) is 0 Å². The van der Waals surface area contributed by atoms with Gasteiger partial charge in [-0.05, 0) is 31.7 Å². The highest BCUT2D eigenvalue weighted by Crippen LogP contribution is 2.25. The van der Waals surface area contributed by atoms with Crippen LogP contribution in [0.2, 0.25) is 0 Å². The van der Waals surface area contributed by atoms with E-state index in [9.17, 15) is 9.59 Å². The minimum absolute atomic E-state index is 0.0387. The molecule has 1 unspecified atom stereocenters. The van der Waals surface area contributed by atoms with Gasteiger partial charge in [0.1, 0.15) is 0 Å². The van der Waals surface area contributed by atoms with Gasteiger partial charge in [-0.1, -0.05) is 32.1 Å². The van der Waals surface area contributed by atoms with Crippen molar-refractivity contribution in [3.8, 4) is 0 Å². The smallest absolute Gasteiger partial charge is 0.307 e. The summed E-state index contributed by atoms with van der Waals surface area (Å²) >= 11 is 0. The summed E-state index contributed by atoms with van der Waals surface area (Å²) in [5, 5.41) is 12.0. The molecule has 0 bridgehead atoms. The van der Waals surface area contributed by atoms with E-state index < -0.39 is 5.97 Å². The fraction of sp³-hybridized carbons (Fsp3) is 0.875. The Labute approximate surface area is 127 Å². The Balaban J connectivity index is 1.61. The van der Waals surface area contributed by atoms with Gasteiger partial charge in [-0.15, -0.1) is 0 Å². The summed E-state index contributed by atoms with van der Waals surface area (Å²) in [4.78, 5) is 24.9. The van der Waals surface area contributed by atoms with E-state index in [-0.39, 0.29) is 11.8 Å². The molecular weight excluding hydrogens is 268 g/mol. The Hall–Kier alpha value is -1.10. The number of hydrogen-bond donors (Lipinski definition) is 2. The van der Waals surface area contributed by atoms with Crippen LogP contribution in [0, 0.1) is 11.8 Å². The quantitative estimate of drug-likeness (QED) is 0.785. The molecule has 2 fully saturated rings. The number of carboxylic acid groups (broad SMARTS) is 1. The predicted molar refractivity (Wildman–Crippen MR) is 81.0 cm³/mol. The second-order valence-electron chi connectivity index (χ2n) is 6.56. The Morgan fingerprint density at radius 1 is 1.10 bits per heavy atom. The molecule has 0 radical (unpaired) electrons. The molecule has 21 heavy (non-hydrogen) atoms. The first-order valence-corrected chi connectivity index (χ1v) is 8.37. The van der Waals surface area contributed by atoms with Gasteiger partial charge in [0.05, 0.1) is 12.5 Å². The van der Waals surface area contributed by atoms with Crippen LogP contribution < -0.4 is 5.32 Å². The van der Waals surface area contributed by atoms with E-state index in [0.29, 0.717) is 13.1 Å². The molecule has 120 valence electrons. The molecule has 0 spiro atoms. The Morgan fingerprint density at radius 3 is 2.57 bits per heavy atom. The highest BCUT2D eigenvalue weighted by molar-refractivity contribution is 5.78. The van der Waals surface area contributed by atoms with Gasteiger partial charge in [0.25, 0.3) is 0 Å². The van der Waals surface area contributed by atoms with Gasteiger partial charge in [0.2, 0.25) is 5.91 Å². The van der Waals surface area contributed by atoms with Crippen LogP contribution in [-0.4, -0.2) is 48.1 Å². The first-order valence-electron chi connectivity index (χ1n) is 8.37. The molecule has 2 aliphatic rings. The molecule has 1 saturated carbocycles. The molecule has 0 aromatic rings. The summed E-state index contributed by atoms with van der Waals surface area (Å²) in [6.07, 6.45) is 9.34. The first-order chi connectivity index (χ1) is 10.1. The van der Waals surface area contributed by atoms with Crippen LogP contribution >= 0.6 is 0 Å². The number of carbonyl (C=O) groups is 2. The maximum atomic E-state index is 11.9. The third kappa shape index (κ3) is 5.65. The summed E-state index contributed by atoms with van der Waals surface area (Å²) in [7, 11) is 0. The number of piperidine rings is 1. The normalized spacial score (nSPS) is 24.7. The van der Waals surface area contributed by atoms with Crippen LogP contribution in [0.15, 0.2) is 0 Å². The lowest BCUT2D eigenvalue weighted by Crippen LogP contribution is -2.44. The van der Waals surface area contributed by atoms with E-state index in [4.69, 9.17) is 5.11 Å². The topological polar surface area (TPSA) is 69.6 Å². The van der Waals surface area contributed by atoms with Crippen LogP contribution in [0.1, 0.15) is 51.4 Å². The number of aliphatic carboxylic acids is 1. The van der Waals surface area contributed by atoms with Crippen LogP contribution in [0.3, 0.4) is 0 Å². The summed E-state index contributed by atoms with van der Waals surface area (Å²) in [5.41, 5.74) is 0. The van der Waals surface area contributed by atoms with Gasteiger partial charge in [-0.3, -0.25) is 14.5 Å². The van der Waals surface area contributed by atoms with Crippen molar-refractivity contribution >= 4 is 11.9 Å². The zero-order chi connectivity index (χ0) is 15.1. The van der Waals surface area contributed by atoms with Crippen molar-refractivity contribution in [2.24, 2.45) is 11.8 Å². The molecule has 1 aliphatic carbocycles. The first kappa shape index (κ1) is 16.3. The molecule has 0 aromatic carbocycles. The highest BCUT2D eigenvalue weighted by atomic mass is 16.4. The predicted octanol–water partition coefficient (Wildman–Crippen LogP) is 1.87. The van der Waals surface area contributed by atoms with Gasteiger partial charge in [-0.2, -0.15) is 0 Å². The van der Waals surface area contributed by atoms with Gasteiger partial charge in [-0.25, -0.2) is 0 Å². The Kier molecular flexibility index (Phi) is 6.49. The van der Waals surface area contributed by atoms with E-state index in [0.717, 1.165) is 38.3 Å². The van der Waals surface area contributed by atoms with E-state index >= 15 is 0 Å². The maximum Gasteiger partial charge on any atom is 0.307 e. The Morgan fingerprint density at radius 2 is 1.86 bits per heavy atom. The van der Waals surface area contributed by atoms with Crippen LogP contribution in [0.4, 0.5) is 0 Å². The minimum Gasteiger partial charge on any atom is -0.481 e.